The number of pyridine rings is 2. The molecule has 130 valence electrons. The maximum absolute atomic E-state index is 12.6. The van der Waals surface area contributed by atoms with Gasteiger partial charge in [-0.15, -0.1) is 0 Å². The highest BCUT2D eigenvalue weighted by molar-refractivity contribution is 6.07. The molecule has 1 saturated heterocycles. The highest BCUT2D eigenvalue weighted by Crippen LogP contribution is 2.21. The number of piperazine rings is 1. The standard InChI is InChI=1S/C21H20N4O/c26-21(17-8-5-11-22-14-17)18-9-4-10-20(24-18)25-13-12-23-19(15-25)16-6-2-1-3-7-16/h1-11,14,19,23H,12-13,15H2. The van der Waals surface area contributed by atoms with Crippen molar-refractivity contribution in [3.8, 4) is 0 Å². The van der Waals surface area contributed by atoms with Crippen LogP contribution in [-0.4, -0.2) is 35.4 Å². The van der Waals surface area contributed by atoms with Crippen LogP contribution in [0.2, 0.25) is 0 Å². The first-order valence-corrected chi connectivity index (χ1v) is 8.76. The zero-order valence-electron chi connectivity index (χ0n) is 14.4. The van der Waals surface area contributed by atoms with E-state index in [9.17, 15) is 4.79 Å². The van der Waals surface area contributed by atoms with Crippen LogP contribution in [0.3, 0.4) is 0 Å². The molecule has 26 heavy (non-hydrogen) atoms. The smallest absolute Gasteiger partial charge is 0.212 e. The Morgan fingerprint density at radius 1 is 1.04 bits per heavy atom. The summed E-state index contributed by atoms with van der Waals surface area (Å²) in [6.07, 6.45) is 3.23. The van der Waals surface area contributed by atoms with E-state index in [2.05, 4.69) is 44.5 Å². The second-order valence-corrected chi connectivity index (χ2v) is 6.32. The van der Waals surface area contributed by atoms with Crippen LogP contribution in [0.5, 0.6) is 0 Å². The van der Waals surface area contributed by atoms with Gasteiger partial charge >= 0.3 is 0 Å². The van der Waals surface area contributed by atoms with Crippen molar-refractivity contribution in [2.45, 2.75) is 6.04 Å². The molecule has 0 amide bonds. The van der Waals surface area contributed by atoms with Gasteiger partial charge in [-0.2, -0.15) is 0 Å². The first-order chi connectivity index (χ1) is 12.8. The lowest BCUT2D eigenvalue weighted by Crippen LogP contribution is -2.46. The van der Waals surface area contributed by atoms with Gasteiger partial charge in [0.1, 0.15) is 11.5 Å². The van der Waals surface area contributed by atoms with E-state index in [0.717, 1.165) is 25.5 Å². The molecule has 1 aliphatic rings. The number of anilines is 1. The third-order valence-electron chi connectivity index (χ3n) is 4.59. The molecule has 1 unspecified atom stereocenters. The van der Waals surface area contributed by atoms with E-state index in [0.29, 0.717) is 11.3 Å². The van der Waals surface area contributed by atoms with E-state index >= 15 is 0 Å². The van der Waals surface area contributed by atoms with Crippen molar-refractivity contribution >= 4 is 11.6 Å². The van der Waals surface area contributed by atoms with E-state index in [-0.39, 0.29) is 11.8 Å². The van der Waals surface area contributed by atoms with Gasteiger partial charge < -0.3 is 10.2 Å². The monoisotopic (exact) mass is 344 g/mol. The summed E-state index contributed by atoms with van der Waals surface area (Å²) in [5.41, 5.74) is 2.27. The summed E-state index contributed by atoms with van der Waals surface area (Å²) in [4.78, 5) is 23.5. The van der Waals surface area contributed by atoms with Crippen LogP contribution in [0.25, 0.3) is 0 Å². The predicted molar refractivity (Wildman–Crippen MR) is 101 cm³/mol. The summed E-state index contributed by atoms with van der Waals surface area (Å²) in [5.74, 6) is 0.733. The van der Waals surface area contributed by atoms with Crippen LogP contribution in [-0.2, 0) is 0 Å². The van der Waals surface area contributed by atoms with Gasteiger partial charge in [0.05, 0.1) is 0 Å². The first-order valence-electron chi connectivity index (χ1n) is 8.76. The Morgan fingerprint density at radius 2 is 1.92 bits per heavy atom. The molecule has 4 rings (SSSR count). The number of nitrogens with one attached hydrogen (secondary N) is 1. The van der Waals surface area contributed by atoms with Gasteiger partial charge in [-0.25, -0.2) is 4.98 Å². The van der Waals surface area contributed by atoms with Crippen molar-refractivity contribution < 1.29 is 4.79 Å². The van der Waals surface area contributed by atoms with Crippen LogP contribution in [0.1, 0.15) is 27.7 Å². The minimum absolute atomic E-state index is 0.102. The molecule has 0 spiro atoms. The van der Waals surface area contributed by atoms with Crippen molar-refractivity contribution in [2.24, 2.45) is 0 Å². The molecule has 0 bridgehead atoms. The topological polar surface area (TPSA) is 58.1 Å². The average Bonchev–Trinajstić information content (AvgIpc) is 2.75. The molecule has 5 nitrogen and oxygen atoms in total. The second-order valence-electron chi connectivity index (χ2n) is 6.32. The van der Waals surface area contributed by atoms with E-state index in [4.69, 9.17) is 0 Å². The van der Waals surface area contributed by atoms with Crippen LogP contribution in [0.15, 0.2) is 73.1 Å². The van der Waals surface area contributed by atoms with Crippen molar-refractivity contribution in [3.63, 3.8) is 0 Å². The highest BCUT2D eigenvalue weighted by Gasteiger charge is 2.22. The predicted octanol–water partition coefficient (Wildman–Crippen LogP) is 2.86. The number of rotatable bonds is 4. The normalized spacial score (nSPS) is 17.1. The van der Waals surface area contributed by atoms with Crippen molar-refractivity contribution in [1.82, 2.24) is 15.3 Å². The number of hydrogen-bond donors (Lipinski definition) is 1. The molecule has 0 radical (unpaired) electrons. The Balaban J connectivity index is 1.55. The summed E-state index contributed by atoms with van der Waals surface area (Å²) >= 11 is 0. The van der Waals surface area contributed by atoms with Crippen molar-refractivity contribution in [3.05, 3.63) is 89.9 Å². The van der Waals surface area contributed by atoms with Crippen LogP contribution >= 0.6 is 0 Å². The zero-order valence-corrected chi connectivity index (χ0v) is 14.4. The third-order valence-corrected chi connectivity index (χ3v) is 4.59. The van der Waals surface area contributed by atoms with E-state index in [1.54, 1.807) is 30.6 Å². The van der Waals surface area contributed by atoms with Gasteiger partial charge in [0.25, 0.3) is 0 Å². The lowest BCUT2D eigenvalue weighted by Gasteiger charge is -2.35. The number of aromatic nitrogens is 2. The fourth-order valence-electron chi connectivity index (χ4n) is 3.24. The van der Waals surface area contributed by atoms with E-state index in [1.807, 2.05) is 18.2 Å². The molecule has 1 aromatic carbocycles. The summed E-state index contributed by atoms with van der Waals surface area (Å²) in [7, 11) is 0. The van der Waals surface area contributed by atoms with Gasteiger partial charge in [-0.3, -0.25) is 9.78 Å². The number of hydrogen-bond acceptors (Lipinski definition) is 5. The SMILES string of the molecule is O=C(c1cccnc1)c1cccc(N2CCNC(c3ccccc3)C2)n1. The summed E-state index contributed by atoms with van der Waals surface area (Å²) in [5, 5.41) is 3.55. The van der Waals surface area contributed by atoms with Crippen molar-refractivity contribution in [1.29, 1.82) is 0 Å². The van der Waals surface area contributed by atoms with Gasteiger partial charge in [-0.05, 0) is 29.8 Å². The maximum atomic E-state index is 12.6. The van der Waals surface area contributed by atoms with Gasteiger partial charge in [0, 0.05) is 43.6 Å². The lowest BCUT2D eigenvalue weighted by atomic mass is 10.0. The molecule has 1 aliphatic heterocycles. The van der Waals surface area contributed by atoms with Crippen LogP contribution < -0.4 is 10.2 Å². The number of ketones is 1. The van der Waals surface area contributed by atoms with Gasteiger partial charge in [0.2, 0.25) is 5.78 Å². The van der Waals surface area contributed by atoms with Gasteiger partial charge in [-0.1, -0.05) is 36.4 Å². The summed E-state index contributed by atoms with van der Waals surface area (Å²) in [6, 6.07) is 19.8. The first kappa shape index (κ1) is 16.4. The quantitative estimate of drug-likeness (QED) is 0.738. The molecule has 0 saturated carbocycles. The Hall–Kier alpha value is -3.05. The molecule has 1 fully saturated rings. The Bertz CT molecular complexity index is 883. The number of benzene rings is 1. The fourth-order valence-corrected chi connectivity index (χ4v) is 3.24. The number of carbonyl (C=O) groups excluding carboxylic acids is 1. The summed E-state index contributed by atoms with van der Waals surface area (Å²) < 4.78 is 0. The molecule has 2 aromatic heterocycles. The Kier molecular flexibility index (Phi) is 4.71. The summed E-state index contributed by atoms with van der Waals surface area (Å²) in [6.45, 7) is 2.56. The molecular formula is C21H20N4O. The van der Waals surface area contributed by atoms with Gasteiger partial charge in [0.15, 0.2) is 0 Å². The molecule has 5 heteroatoms. The molecule has 0 aliphatic carbocycles. The Labute approximate surface area is 152 Å². The zero-order chi connectivity index (χ0) is 17.8. The fraction of sp³-hybridized carbons (Fsp3) is 0.190. The molecule has 3 heterocycles. The number of nitrogens with zero attached hydrogens (tertiary/aromatic N) is 3. The van der Waals surface area contributed by atoms with Crippen molar-refractivity contribution in [2.75, 3.05) is 24.5 Å². The molecule has 1 N–H and O–H groups in total. The highest BCUT2D eigenvalue weighted by atomic mass is 16.1. The van der Waals surface area contributed by atoms with E-state index < -0.39 is 0 Å². The maximum Gasteiger partial charge on any atom is 0.212 e. The van der Waals surface area contributed by atoms with Crippen LogP contribution in [0, 0.1) is 0 Å². The molecule has 1 atom stereocenters. The van der Waals surface area contributed by atoms with E-state index in [1.165, 1.54) is 5.56 Å². The number of carbonyl (C=O) groups is 1. The molecular weight excluding hydrogens is 324 g/mol. The van der Waals surface area contributed by atoms with Crippen LogP contribution in [0.4, 0.5) is 5.82 Å². The average molecular weight is 344 g/mol. The Morgan fingerprint density at radius 3 is 2.73 bits per heavy atom. The minimum atomic E-state index is -0.102. The largest absolute Gasteiger partial charge is 0.353 e. The third kappa shape index (κ3) is 3.48. The molecule has 3 aromatic rings. The second kappa shape index (κ2) is 7.45. The lowest BCUT2D eigenvalue weighted by molar-refractivity contribution is 0.103. The minimum Gasteiger partial charge on any atom is -0.353 e.